The van der Waals surface area contributed by atoms with Crippen LogP contribution in [-0.4, -0.2) is 53.5 Å². The first-order valence-electron chi connectivity index (χ1n) is 10.5. The zero-order chi connectivity index (χ0) is 19.2. The summed E-state index contributed by atoms with van der Waals surface area (Å²) >= 11 is 0. The molecule has 28 heavy (non-hydrogen) atoms. The van der Waals surface area contributed by atoms with Crippen molar-refractivity contribution in [3.05, 3.63) is 36.4 Å². The molecule has 148 valence electrons. The highest BCUT2D eigenvalue weighted by Gasteiger charge is 2.20. The quantitative estimate of drug-likeness (QED) is 0.636. The largest absolute Gasteiger partial charge is 0.367 e. The highest BCUT2D eigenvalue weighted by atomic mass is 16.1. The van der Waals surface area contributed by atoms with Crippen molar-refractivity contribution in [1.82, 2.24) is 14.9 Å². The number of piperazine rings is 1. The molecular weight excluding hydrogens is 350 g/mol. The Balaban J connectivity index is 1.60. The summed E-state index contributed by atoms with van der Waals surface area (Å²) < 4.78 is 0. The van der Waals surface area contributed by atoms with Crippen LogP contribution in [0.1, 0.15) is 38.5 Å². The standard InChI is InChI=1S/C22H29N5O/c28-17-26-12-14-27(15-13-26)21-16-20(23-19-10-6-1-2-7-11-19)24-22(25-21)18-8-4-3-5-9-18/h3-5,8-9,16-17,19H,1-2,6-7,10-15H2,(H,23,24,25). The molecule has 1 saturated heterocycles. The van der Waals surface area contributed by atoms with Gasteiger partial charge in [0.1, 0.15) is 11.6 Å². The van der Waals surface area contributed by atoms with Crippen molar-refractivity contribution in [3.63, 3.8) is 0 Å². The summed E-state index contributed by atoms with van der Waals surface area (Å²) in [5.74, 6) is 2.61. The summed E-state index contributed by atoms with van der Waals surface area (Å²) in [5, 5.41) is 3.69. The maximum Gasteiger partial charge on any atom is 0.209 e. The van der Waals surface area contributed by atoms with E-state index in [1.165, 1.54) is 38.5 Å². The predicted molar refractivity (Wildman–Crippen MR) is 112 cm³/mol. The van der Waals surface area contributed by atoms with Gasteiger partial charge in [0.15, 0.2) is 5.82 Å². The number of carbonyl (C=O) groups is 1. The molecule has 2 aromatic rings. The maximum absolute atomic E-state index is 11.0. The predicted octanol–water partition coefficient (Wildman–Crippen LogP) is 3.56. The van der Waals surface area contributed by atoms with E-state index in [0.29, 0.717) is 6.04 Å². The van der Waals surface area contributed by atoms with Crippen molar-refractivity contribution in [3.8, 4) is 11.4 Å². The Hall–Kier alpha value is -2.63. The third-order valence-corrected chi connectivity index (χ3v) is 5.74. The fraction of sp³-hybridized carbons (Fsp3) is 0.500. The number of rotatable bonds is 5. The summed E-state index contributed by atoms with van der Waals surface area (Å²) in [7, 11) is 0. The van der Waals surface area contributed by atoms with Crippen LogP contribution in [0.3, 0.4) is 0 Å². The van der Waals surface area contributed by atoms with Crippen LogP contribution in [0.15, 0.2) is 36.4 Å². The first kappa shape index (κ1) is 18.7. The topological polar surface area (TPSA) is 61.4 Å². The number of hydrogen-bond acceptors (Lipinski definition) is 5. The van der Waals surface area contributed by atoms with E-state index in [2.05, 4.69) is 28.4 Å². The third-order valence-electron chi connectivity index (χ3n) is 5.74. The molecule has 0 radical (unpaired) electrons. The Morgan fingerprint density at radius 3 is 2.32 bits per heavy atom. The van der Waals surface area contributed by atoms with Crippen LogP contribution in [0, 0.1) is 0 Å². The van der Waals surface area contributed by atoms with Crippen molar-refractivity contribution in [2.24, 2.45) is 0 Å². The summed E-state index contributed by atoms with van der Waals surface area (Å²) in [6, 6.07) is 12.7. The van der Waals surface area contributed by atoms with Gasteiger partial charge in [0, 0.05) is 43.9 Å². The number of nitrogens with zero attached hydrogens (tertiary/aromatic N) is 4. The number of anilines is 2. The second kappa shape index (κ2) is 9.04. The minimum atomic E-state index is 0.487. The molecule has 1 aliphatic carbocycles. The lowest BCUT2D eigenvalue weighted by atomic mass is 10.1. The van der Waals surface area contributed by atoms with Crippen molar-refractivity contribution >= 4 is 18.0 Å². The summed E-state index contributed by atoms with van der Waals surface area (Å²) in [5.41, 5.74) is 1.03. The molecule has 1 saturated carbocycles. The van der Waals surface area contributed by atoms with Gasteiger partial charge in [0.2, 0.25) is 6.41 Å². The van der Waals surface area contributed by atoms with Gasteiger partial charge in [-0.05, 0) is 12.8 Å². The minimum Gasteiger partial charge on any atom is -0.367 e. The monoisotopic (exact) mass is 379 g/mol. The zero-order valence-corrected chi connectivity index (χ0v) is 16.4. The van der Waals surface area contributed by atoms with E-state index in [1.807, 2.05) is 23.1 Å². The van der Waals surface area contributed by atoms with E-state index in [1.54, 1.807) is 0 Å². The van der Waals surface area contributed by atoms with Gasteiger partial charge in [0.05, 0.1) is 0 Å². The van der Waals surface area contributed by atoms with E-state index in [-0.39, 0.29) is 0 Å². The molecule has 2 aliphatic rings. The van der Waals surface area contributed by atoms with Crippen LogP contribution in [0.25, 0.3) is 11.4 Å². The van der Waals surface area contributed by atoms with Gasteiger partial charge in [-0.1, -0.05) is 56.0 Å². The van der Waals surface area contributed by atoms with E-state index in [4.69, 9.17) is 9.97 Å². The fourth-order valence-electron chi connectivity index (χ4n) is 4.08. The molecule has 0 atom stereocenters. The van der Waals surface area contributed by atoms with Gasteiger partial charge in [-0.2, -0.15) is 0 Å². The van der Waals surface area contributed by atoms with Crippen LogP contribution >= 0.6 is 0 Å². The van der Waals surface area contributed by atoms with Crippen molar-refractivity contribution < 1.29 is 4.79 Å². The molecule has 0 spiro atoms. The second-order valence-electron chi connectivity index (χ2n) is 7.76. The molecule has 1 aliphatic heterocycles. The molecule has 6 heteroatoms. The summed E-state index contributed by atoms with van der Waals surface area (Å²) in [6.07, 6.45) is 8.60. The van der Waals surface area contributed by atoms with Gasteiger partial charge in [-0.3, -0.25) is 4.79 Å². The molecule has 6 nitrogen and oxygen atoms in total. The Morgan fingerprint density at radius 1 is 0.929 bits per heavy atom. The molecule has 4 rings (SSSR count). The number of carbonyl (C=O) groups excluding carboxylic acids is 1. The number of hydrogen-bond donors (Lipinski definition) is 1. The average molecular weight is 380 g/mol. The lowest BCUT2D eigenvalue weighted by Crippen LogP contribution is -2.46. The first-order valence-corrected chi connectivity index (χ1v) is 10.5. The van der Waals surface area contributed by atoms with E-state index in [9.17, 15) is 4.79 Å². The molecule has 0 unspecified atom stereocenters. The van der Waals surface area contributed by atoms with Gasteiger partial charge in [-0.25, -0.2) is 9.97 Å². The highest BCUT2D eigenvalue weighted by Crippen LogP contribution is 2.26. The van der Waals surface area contributed by atoms with Crippen LogP contribution in [0.2, 0.25) is 0 Å². The first-order chi connectivity index (χ1) is 13.8. The number of benzene rings is 1. The molecule has 0 bridgehead atoms. The maximum atomic E-state index is 11.0. The zero-order valence-electron chi connectivity index (χ0n) is 16.4. The van der Waals surface area contributed by atoms with Crippen molar-refractivity contribution in [2.75, 3.05) is 36.4 Å². The molecule has 2 fully saturated rings. The Bertz CT molecular complexity index is 766. The number of amides is 1. The minimum absolute atomic E-state index is 0.487. The molecule has 1 N–H and O–H groups in total. The molecular formula is C22H29N5O. The van der Waals surface area contributed by atoms with Gasteiger partial charge in [-0.15, -0.1) is 0 Å². The summed E-state index contributed by atoms with van der Waals surface area (Å²) in [4.78, 5) is 24.8. The second-order valence-corrected chi connectivity index (χ2v) is 7.76. The lowest BCUT2D eigenvalue weighted by molar-refractivity contribution is -0.118. The normalized spacial score (nSPS) is 18.6. The smallest absolute Gasteiger partial charge is 0.209 e. The number of nitrogens with one attached hydrogen (secondary N) is 1. The van der Waals surface area contributed by atoms with E-state index < -0.39 is 0 Å². The van der Waals surface area contributed by atoms with Crippen LogP contribution < -0.4 is 10.2 Å². The molecule has 2 heterocycles. The van der Waals surface area contributed by atoms with Crippen molar-refractivity contribution in [2.45, 2.75) is 44.6 Å². The van der Waals surface area contributed by atoms with Crippen LogP contribution in [-0.2, 0) is 4.79 Å². The molecule has 1 aromatic heterocycles. The third kappa shape index (κ3) is 4.61. The molecule has 1 amide bonds. The van der Waals surface area contributed by atoms with E-state index in [0.717, 1.165) is 55.6 Å². The fourth-order valence-corrected chi connectivity index (χ4v) is 4.08. The molecule has 1 aromatic carbocycles. The van der Waals surface area contributed by atoms with Gasteiger partial charge >= 0.3 is 0 Å². The van der Waals surface area contributed by atoms with Gasteiger partial charge < -0.3 is 15.1 Å². The summed E-state index contributed by atoms with van der Waals surface area (Å²) in [6.45, 7) is 3.07. The average Bonchev–Trinajstić information content (AvgIpc) is 3.03. The Labute approximate surface area is 167 Å². The van der Waals surface area contributed by atoms with Crippen LogP contribution in [0.5, 0.6) is 0 Å². The SMILES string of the molecule is O=CN1CCN(c2cc(NC3CCCCCC3)nc(-c3ccccc3)n2)CC1. The Morgan fingerprint density at radius 2 is 1.64 bits per heavy atom. The van der Waals surface area contributed by atoms with Crippen molar-refractivity contribution in [1.29, 1.82) is 0 Å². The van der Waals surface area contributed by atoms with E-state index >= 15 is 0 Å². The number of aromatic nitrogens is 2. The van der Waals surface area contributed by atoms with Gasteiger partial charge in [0.25, 0.3) is 0 Å². The van der Waals surface area contributed by atoms with Crippen LogP contribution in [0.4, 0.5) is 11.6 Å². The highest BCUT2D eigenvalue weighted by molar-refractivity contribution is 5.62. The lowest BCUT2D eigenvalue weighted by Gasteiger charge is -2.33. The Kier molecular flexibility index (Phi) is 6.04.